The van der Waals surface area contributed by atoms with Crippen molar-refractivity contribution in [2.75, 3.05) is 6.61 Å². The van der Waals surface area contributed by atoms with Crippen molar-refractivity contribution in [2.45, 2.75) is 169 Å². The highest BCUT2D eigenvalue weighted by Crippen LogP contribution is 2.29. The molecule has 1 aromatic carbocycles. The quantitative estimate of drug-likeness (QED) is 0.142. The number of hydrogen-bond donors (Lipinski definition) is 1. The van der Waals surface area contributed by atoms with Crippen molar-refractivity contribution in [3.8, 4) is 5.75 Å². The number of ether oxygens (including phenoxy) is 1. The first-order chi connectivity index (χ1) is 18.0. The number of esters is 1. The van der Waals surface area contributed by atoms with E-state index in [0.717, 1.165) is 18.4 Å². The maximum absolute atomic E-state index is 11.6. The average Bonchev–Trinajstić information content (AvgIpc) is 2.84. The highest BCUT2D eigenvalue weighted by atomic mass is 16.5. The van der Waals surface area contributed by atoms with E-state index in [1.54, 1.807) is 6.07 Å². The van der Waals surface area contributed by atoms with E-state index in [-0.39, 0.29) is 16.8 Å². The van der Waals surface area contributed by atoms with Crippen LogP contribution in [0.3, 0.4) is 0 Å². The van der Waals surface area contributed by atoms with Gasteiger partial charge in [0.25, 0.3) is 0 Å². The predicted octanol–water partition coefficient (Wildman–Crippen LogP) is 11.3. The predicted molar refractivity (Wildman–Crippen MR) is 166 cm³/mol. The zero-order valence-corrected chi connectivity index (χ0v) is 26.5. The molecule has 1 N–H and O–H groups in total. The van der Waals surface area contributed by atoms with Crippen LogP contribution in [-0.2, 0) is 14.9 Å². The lowest BCUT2D eigenvalue weighted by Gasteiger charge is -2.19. The van der Waals surface area contributed by atoms with E-state index in [1.165, 1.54) is 96.3 Å². The van der Waals surface area contributed by atoms with E-state index in [4.69, 9.17) is 4.74 Å². The number of para-hydroxylation sites is 1. The highest BCUT2D eigenvalue weighted by Gasteiger charge is 2.16. The summed E-state index contributed by atoms with van der Waals surface area (Å²) in [5.41, 5.74) is 1.25. The third-order valence-corrected chi connectivity index (χ3v) is 7.05. The Morgan fingerprint density at radius 2 is 1.11 bits per heavy atom. The third kappa shape index (κ3) is 23.6. The normalized spacial score (nSPS) is 11.7. The van der Waals surface area contributed by atoms with Gasteiger partial charge in [-0.15, -0.1) is 0 Å². The average molecular weight is 533 g/mol. The van der Waals surface area contributed by atoms with Crippen LogP contribution in [0.25, 0.3) is 0 Å². The molecule has 0 amide bonds. The molecule has 38 heavy (non-hydrogen) atoms. The second-order valence-electron chi connectivity index (χ2n) is 13.4. The second-order valence-corrected chi connectivity index (χ2v) is 13.4. The van der Waals surface area contributed by atoms with E-state index >= 15 is 0 Å². The van der Waals surface area contributed by atoms with Crippen LogP contribution in [0.15, 0.2) is 24.3 Å². The Balaban J connectivity index is 0.00000103. The van der Waals surface area contributed by atoms with Crippen molar-refractivity contribution in [2.24, 2.45) is 5.41 Å². The van der Waals surface area contributed by atoms with Gasteiger partial charge in [-0.05, 0) is 35.3 Å². The van der Waals surface area contributed by atoms with Crippen LogP contribution in [-0.4, -0.2) is 17.7 Å². The minimum atomic E-state index is -0.0223. The van der Waals surface area contributed by atoms with Gasteiger partial charge < -0.3 is 9.84 Å². The smallest absolute Gasteiger partial charge is 0.305 e. The molecule has 0 saturated carbocycles. The molecule has 0 aromatic heterocycles. The van der Waals surface area contributed by atoms with Gasteiger partial charge in [-0.25, -0.2) is 0 Å². The molecular formula is C35H64O3. The molecule has 3 nitrogen and oxygen atoms in total. The van der Waals surface area contributed by atoms with Crippen molar-refractivity contribution in [1.82, 2.24) is 0 Å². The molecule has 0 atom stereocenters. The number of carbonyl (C=O) groups is 1. The van der Waals surface area contributed by atoms with Gasteiger partial charge in [-0.3, -0.25) is 4.79 Å². The summed E-state index contributed by atoms with van der Waals surface area (Å²) in [5, 5.41) is 9.45. The summed E-state index contributed by atoms with van der Waals surface area (Å²) in [6.45, 7) is 15.6. The summed E-state index contributed by atoms with van der Waals surface area (Å²) in [4.78, 5) is 11.6. The van der Waals surface area contributed by atoms with Crippen LogP contribution in [0.1, 0.15) is 170 Å². The number of benzene rings is 1. The maximum atomic E-state index is 11.6. The Kier molecular flexibility index (Phi) is 21.4. The second kappa shape index (κ2) is 22.3. The fourth-order valence-corrected chi connectivity index (χ4v) is 4.49. The maximum Gasteiger partial charge on any atom is 0.305 e. The monoisotopic (exact) mass is 532 g/mol. The third-order valence-electron chi connectivity index (χ3n) is 7.05. The van der Waals surface area contributed by atoms with Crippen molar-refractivity contribution in [3.05, 3.63) is 29.8 Å². The largest absolute Gasteiger partial charge is 0.508 e. The van der Waals surface area contributed by atoms with Crippen LogP contribution in [0.2, 0.25) is 0 Å². The van der Waals surface area contributed by atoms with E-state index < -0.39 is 0 Å². The molecule has 0 saturated heterocycles. The molecule has 0 radical (unpaired) electrons. The van der Waals surface area contributed by atoms with Gasteiger partial charge in [0, 0.05) is 6.42 Å². The number of aromatic hydroxyl groups is 1. The van der Waals surface area contributed by atoms with E-state index in [2.05, 4.69) is 48.5 Å². The lowest BCUT2D eigenvalue weighted by atomic mass is 9.86. The zero-order valence-electron chi connectivity index (χ0n) is 26.5. The van der Waals surface area contributed by atoms with E-state index in [1.807, 2.05) is 18.2 Å². The van der Waals surface area contributed by atoms with Crippen LogP contribution < -0.4 is 0 Å². The Bertz CT molecular complexity index is 681. The molecular weight excluding hydrogens is 468 g/mol. The summed E-state index contributed by atoms with van der Waals surface area (Å²) in [6, 6.07) is 7.46. The van der Waals surface area contributed by atoms with E-state index in [9.17, 15) is 9.90 Å². The van der Waals surface area contributed by atoms with Gasteiger partial charge in [-0.2, -0.15) is 0 Å². The summed E-state index contributed by atoms with van der Waals surface area (Å²) in [5.74, 6) is 0.367. The first kappa shape index (κ1) is 36.5. The molecule has 0 bridgehead atoms. The molecule has 0 heterocycles. The fraction of sp³-hybridized carbons (Fsp3) is 0.800. The van der Waals surface area contributed by atoms with Gasteiger partial charge in [0.2, 0.25) is 0 Å². The number of rotatable bonds is 19. The Labute approximate surface area is 237 Å². The van der Waals surface area contributed by atoms with Crippen molar-refractivity contribution < 1.29 is 14.6 Å². The van der Waals surface area contributed by atoms with Crippen molar-refractivity contribution in [3.63, 3.8) is 0 Å². The van der Waals surface area contributed by atoms with Crippen molar-refractivity contribution in [1.29, 1.82) is 0 Å². The first-order valence-corrected chi connectivity index (χ1v) is 15.9. The summed E-state index contributed by atoms with van der Waals surface area (Å²) in [6.07, 6.45) is 23.4. The highest BCUT2D eigenvalue weighted by molar-refractivity contribution is 5.69. The summed E-state index contributed by atoms with van der Waals surface area (Å²) >= 11 is 0. The van der Waals surface area contributed by atoms with Gasteiger partial charge in [0.15, 0.2) is 0 Å². The number of carbonyl (C=O) groups excluding carboxylic acids is 1. The molecule has 0 unspecified atom stereocenters. The van der Waals surface area contributed by atoms with Gasteiger partial charge in [0.1, 0.15) is 5.75 Å². The van der Waals surface area contributed by atoms with Crippen LogP contribution >= 0.6 is 0 Å². The SMILES string of the molecule is CC(C)(C)c1ccccc1O.CCCCCCCCCCCCCCCCCCOC(=O)CCC(C)(C)C. The minimum Gasteiger partial charge on any atom is -0.508 e. The lowest BCUT2D eigenvalue weighted by molar-refractivity contribution is -0.144. The Morgan fingerprint density at radius 3 is 1.47 bits per heavy atom. The van der Waals surface area contributed by atoms with Gasteiger partial charge in [-0.1, -0.05) is 163 Å². The molecule has 222 valence electrons. The molecule has 0 aliphatic rings. The molecule has 0 fully saturated rings. The molecule has 0 spiro atoms. The Hall–Kier alpha value is -1.51. The lowest BCUT2D eigenvalue weighted by Crippen LogP contribution is -2.11. The summed E-state index contributed by atoms with van der Waals surface area (Å²) in [7, 11) is 0. The number of hydrogen-bond acceptors (Lipinski definition) is 3. The van der Waals surface area contributed by atoms with Crippen LogP contribution in [0.4, 0.5) is 0 Å². The first-order valence-electron chi connectivity index (χ1n) is 15.9. The fourth-order valence-electron chi connectivity index (χ4n) is 4.49. The molecule has 1 rings (SSSR count). The summed E-state index contributed by atoms with van der Waals surface area (Å²) < 4.78 is 5.32. The molecule has 0 aliphatic heterocycles. The Morgan fingerprint density at radius 1 is 0.684 bits per heavy atom. The number of unbranched alkanes of at least 4 members (excludes halogenated alkanes) is 15. The van der Waals surface area contributed by atoms with Gasteiger partial charge in [0.05, 0.1) is 6.61 Å². The van der Waals surface area contributed by atoms with E-state index in [0.29, 0.717) is 18.8 Å². The number of phenolic OH excluding ortho intramolecular Hbond substituents is 1. The standard InChI is InChI=1S/C25H50O2.C10H14O/c1-5-6-7-8-9-10-11-12-13-14-15-16-17-18-19-20-23-27-24(26)21-22-25(2,3)4;1-10(2,3)8-6-4-5-7-9(8)11/h5-23H2,1-4H3;4-7,11H,1-3H3. The van der Waals surface area contributed by atoms with Crippen LogP contribution in [0.5, 0.6) is 5.75 Å². The molecule has 1 aromatic rings. The minimum absolute atomic E-state index is 0.0223. The molecule has 0 aliphatic carbocycles. The topological polar surface area (TPSA) is 46.5 Å². The van der Waals surface area contributed by atoms with Gasteiger partial charge >= 0.3 is 5.97 Å². The zero-order chi connectivity index (χ0) is 28.7. The van der Waals surface area contributed by atoms with Crippen LogP contribution in [0, 0.1) is 5.41 Å². The molecule has 3 heteroatoms. The number of phenols is 1. The van der Waals surface area contributed by atoms with Crippen molar-refractivity contribution >= 4 is 5.97 Å².